The minimum Gasteiger partial charge on any atom is -0.346 e. The maximum absolute atomic E-state index is 5.59. The summed E-state index contributed by atoms with van der Waals surface area (Å²) in [5, 5.41) is 0. The first kappa shape index (κ1) is 11.4. The van der Waals surface area contributed by atoms with Crippen molar-refractivity contribution < 1.29 is 0 Å². The minimum atomic E-state index is 0.628. The average molecular weight is 280 g/mol. The summed E-state index contributed by atoms with van der Waals surface area (Å²) in [6.07, 6.45) is 0.822. The van der Waals surface area contributed by atoms with E-state index in [1.54, 1.807) is 0 Å². The first-order chi connectivity index (χ1) is 7.70. The number of nitrogens with zero attached hydrogens (tertiary/aromatic N) is 1. The number of nitrogens with two attached hydrogens (primary N) is 1. The van der Waals surface area contributed by atoms with E-state index in [-0.39, 0.29) is 0 Å². The van der Waals surface area contributed by atoms with Crippen molar-refractivity contribution in [2.75, 3.05) is 6.54 Å². The van der Waals surface area contributed by atoms with Gasteiger partial charge < -0.3 is 10.7 Å². The fourth-order valence-electron chi connectivity index (χ4n) is 1.74. The van der Waals surface area contributed by atoms with Gasteiger partial charge in [-0.15, -0.1) is 0 Å². The number of nitrogens with one attached hydrogen (secondary N) is 1. The Morgan fingerprint density at radius 1 is 1.44 bits per heavy atom. The molecule has 3 N–H and O–H groups in total. The lowest BCUT2D eigenvalue weighted by atomic mass is 10.1. The highest BCUT2D eigenvalue weighted by atomic mass is 79.9. The number of hydrogen-bond donors (Lipinski definition) is 2. The summed E-state index contributed by atoms with van der Waals surface area (Å²) in [5.41, 5.74) is 8.82. The maximum Gasteiger partial charge on any atom is 0.103 e. The molecule has 0 bridgehead atoms. The van der Waals surface area contributed by atoms with E-state index in [9.17, 15) is 0 Å². The summed E-state index contributed by atoms with van der Waals surface area (Å²) < 4.78 is 1.06. The first-order valence-electron chi connectivity index (χ1n) is 5.22. The Morgan fingerprint density at radius 3 is 2.94 bits per heavy atom. The lowest BCUT2D eigenvalue weighted by Gasteiger charge is -2.01. The van der Waals surface area contributed by atoms with Crippen LogP contribution in [0.15, 0.2) is 28.7 Å². The van der Waals surface area contributed by atoms with Crippen LogP contribution < -0.4 is 5.73 Å². The number of aromatic amines is 1. The molecule has 0 amide bonds. The smallest absolute Gasteiger partial charge is 0.103 e. The average Bonchev–Trinajstić information content (AvgIpc) is 2.60. The normalized spacial score (nSPS) is 10.7. The van der Waals surface area contributed by atoms with Gasteiger partial charge in [-0.25, -0.2) is 4.98 Å². The third kappa shape index (κ3) is 2.33. The van der Waals surface area contributed by atoms with E-state index in [4.69, 9.17) is 5.73 Å². The van der Waals surface area contributed by atoms with Crippen LogP contribution in [0.25, 0.3) is 11.3 Å². The van der Waals surface area contributed by atoms with Gasteiger partial charge in [0.15, 0.2) is 0 Å². The van der Waals surface area contributed by atoms with E-state index in [0.29, 0.717) is 6.54 Å². The lowest BCUT2D eigenvalue weighted by Crippen LogP contribution is -2.04. The van der Waals surface area contributed by atoms with E-state index in [0.717, 1.165) is 33.7 Å². The SMILES string of the molecule is Cc1nc(-c2cccc(Br)c2)c(CCN)[nH]1. The van der Waals surface area contributed by atoms with Crippen LogP contribution in [0.4, 0.5) is 0 Å². The van der Waals surface area contributed by atoms with Gasteiger partial charge in [-0.3, -0.25) is 0 Å². The molecule has 0 aliphatic rings. The molecule has 0 unspecified atom stereocenters. The number of aromatic nitrogens is 2. The summed E-state index contributed by atoms with van der Waals surface area (Å²) in [4.78, 5) is 7.77. The summed E-state index contributed by atoms with van der Waals surface area (Å²) in [5.74, 6) is 0.929. The molecule has 16 heavy (non-hydrogen) atoms. The topological polar surface area (TPSA) is 54.7 Å². The van der Waals surface area contributed by atoms with E-state index in [1.165, 1.54) is 0 Å². The number of aryl methyl sites for hydroxylation is 1. The van der Waals surface area contributed by atoms with E-state index in [2.05, 4.69) is 38.0 Å². The molecular formula is C12H14BrN3. The number of rotatable bonds is 3. The zero-order valence-corrected chi connectivity index (χ0v) is 10.7. The third-order valence-corrected chi connectivity index (χ3v) is 2.88. The van der Waals surface area contributed by atoms with Gasteiger partial charge >= 0.3 is 0 Å². The molecule has 0 saturated heterocycles. The molecule has 0 spiro atoms. The molecule has 0 aliphatic heterocycles. The second-order valence-electron chi connectivity index (χ2n) is 3.70. The molecule has 0 fully saturated rings. The molecular weight excluding hydrogens is 266 g/mol. The van der Waals surface area contributed by atoms with Gasteiger partial charge in [0.1, 0.15) is 5.82 Å². The van der Waals surface area contributed by atoms with E-state index in [1.807, 2.05) is 19.1 Å². The lowest BCUT2D eigenvalue weighted by molar-refractivity contribution is 0.930. The predicted octanol–water partition coefficient (Wildman–Crippen LogP) is 2.65. The van der Waals surface area contributed by atoms with Crippen LogP contribution in [0.2, 0.25) is 0 Å². The van der Waals surface area contributed by atoms with Gasteiger partial charge in [0.2, 0.25) is 0 Å². The Morgan fingerprint density at radius 2 is 2.25 bits per heavy atom. The predicted molar refractivity (Wildman–Crippen MR) is 69.2 cm³/mol. The molecule has 2 aromatic rings. The van der Waals surface area contributed by atoms with Crippen molar-refractivity contribution in [1.82, 2.24) is 9.97 Å². The van der Waals surface area contributed by atoms with Crippen molar-refractivity contribution in [3.63, 3.8) is 0 Å². The highest BCUT2D eigenvalue weighted by Gasteiger charge is 2.09. The highest BCUT2D eigenvalue weighted by molar-refractivity contribution is 9.10. The van der Waals surface area contributed by atoms with Gasteiger partial charge in [0.05, 0.1) is 5.69 Å². The molecule has 1 heterocycles. The first-order valence-corrected chi connectivity index (χ1v) is 6.01. The van der Waals surface area contributed by atoms with Crippen LogP contribution in [-0.2, 0) is 6.42 Å². The highest BCUT2D eigenvalue weighted by Crippen LogP contribution is 2.24. The van der Waals surface area contributed by atoms with Gasteiger partial charge in [-0.2, -0.15) is 0 Å². The van der Waals surface area contributed by atoms with Crippen LogP contribution in [-0.4, -0.2) is 16.5 Å². The second kappa shape index (κ2) is 4.80. The minimum absolute atomic E-state index is 0.628. The second-order valence-corrected chi connectivity index (χ2v) is 4.61. The van der Waals surface area contributed by atoms with Crippen molar-refractivity contribution in [3.05, 3.63) is 40.3 Å². The molecule has 1 aromatic heterocycles. The zero-order chi connectivity index (χ0) is 11.5. The summed E-state index contributed by atoms with van der Waals surface area (Å²) in [6, 6.07) is 8.14. The van der Waals surface area contributed by atoms with Crippen molar-refractivity contribution in [1.29, 1.82) is 0 Å². The largest absolute Gasteiger partial charge is 0.346 e. The van der Waals surface area contributed by atoms with Crippen molar-refractivity contribution in [3.8, 4) is 11.3 Å². The van der Waals surface area contributed by atoms with Gasteiger partial charge in [0.25, 0.3) is 0 Å². The molecule has 3 nitrogen and oxygen atoms in total. The molecule has 0 aliphatic carbocycles. The third-order valence-electron chi connectivity index (χ3n) is 2.39. The standard InChI is InChI=1S/C12H14BrN3/c1-8-15-11(5-6-14)12(16-8)9-3-2-4-10(13)7-9/h2-4,7H,5-6,14H2,1H3,(H,15,16). The molecule has 0 saturated carbocycles. The Balaban J connectivity index is 2.46. The van der Waals surface area contributed by atoms with Crippen molar-refractivity contribution in [2.24, 2.45) is 5.73 Å². The van der Waals surface area contributed by atoms with Crippen molar-refractivity contribution in [2.45, 2.75) is 13.3 Å². The Labute approximate surface area is 103 Å². The Bertz CT molecular complexity index is 491. The fourth-order valence-corrected chi connectivity index (χ4v) is 2.14. The Hall–Kier alpha value is -1.13. The fraction of sp³-hybridized carbons (Fsp3) is 0.250. The van der Waals surface area contributed by atoms with Gasteiger partial charge in [-0.1, -0.05) is 28.1 Å². The quantitative estimate of drug-likeness (QED) is 0.908. The molecule has 0 radical (unpaired) electrons. The number of imidazole rings is 1. The molecule has 1 aromatic carbocycles. The van der Waals surface area contributed by atoms with Gasteiger partial charge in [0, 0.05) is 22.2 Å². The van der Waals surface area contributed by atoms with Crippen LogP contribution in [0.5, 0.6) is 0 Å². The number of benzene rings is 1. The van der Waals surface area contributed by atoms with Crippen LogP contribution >= 0.6 is 15.9 Å². The summed E-state index contributed by atoms with van der Waals surface area (Å²) in [6.45, 7) is 2.59. The zero-order valence-electron chi connectivity index (χ0n) is 9.13. The molecule has 4 heteroatoms. The maximum atomic E-state index is 5.59. The molecule has 0 atom stereocenters. The number of H-pyrrole nitrogens is 1. The van der Waals surface area contributed by atoms with Crippen LogP contribution in [0, 0.1) is 6.92 Å². The van der Waals surface area contributed by atoms with Crippen molar-refractivity contribution >= 4 is 15.9 Å². The summed E-state index contributed by atoms with van der Waals surface area (Å²) in [7, 11) is 0. The Kier molecular flexibility index (Phi) is 3.41. The number of hydrogen-bond acceptors (Lipinski definition) is 2. The molecule has 2 rings (SSSR count). The molecule has 84 valence electrons. The van der Waals surface area contributed by atoms with Crippen LogP contribution in [0.3, 0.4) is 0 Å². The van der Waals surface area contributed by atoms with Crippen LogP contribution in [0.1, 0.15) is 11.5 Å². The monoisotopic (exact) mass is 279 g/mol. The van der Waals surface area contributed by atoms with E-state index >= 15 is 0 Å². The van der Waals surface area contributed by atoms with Gasteiger partial charge in [-0.05, 0) is 25.6 Å². The number of halogens is 1. The van der Waals surface area contributed by atoms with E-state index < -0.39 is 0 Å². The summed E-state index contributed by atoms with van der Waals surface area (Å²) >= 11 is 3.47.